The van der Waals surface area contributed by atoms with Crippen LogP contribution >= 0.6 is 0 Å². The molecular weight excluding hydrogens is 719 g/mol. The molecule has 4 nitrogen and oxygen atoms in total. The Bertz CT molecular complexity index is 3360. The number of benzene rings is 9. The lowest BCUT2D eigenvalue weighted by Crippen LogP contribution is -2.57. The van der Waals surface area contributed by atoms with Gasteiger partial charge in [-0.15, -0.1) is 0 Å². The predicted molar refractivity (Wildman–Crippen MR) is 244 cm³/mol. The van der Waals surface area contributed by atoms with Crippen molar-refractivity contribution in [2.45, 2.75) is 0 Å². The molecule has 13 rings (SSSR count). The largest absolute Gasteiger partial charge is 0.458 e. The van der Waals surface area contributed by atoms with Crippen molar-refractivity contribution in [2.75, 3.05) is 0 Å². The monoisotopic (exact) mass is 752 g/mol. The zero-order valence-corrected chi connectivity index (χ0v) is 31.8. The second-order valence-corrected chi connectivity index (χ2v) is 15.7. The summed E-state index contributed by atoms with van der Waals surface area (Å²) in [5.74, 6) is 3.38. The van der Waals surface area contributed by atoms with E-state index in [4.69, 9.17) is 9.47 Å². The fourth-order valence-corrected chi connectivity index (χ4v) is 9.80. The molecule has 5 heteroatoms. The van der Waals surface area contributed by atoms with Gasteiger partial charge in [-0.05, 0) is 93.8 Å². The van der Waals surface area contributed by atoms with Gasteiger partial charge in [0.25, 0.3) is 6.71 Å². The molecule has 0 amide bonds. The van der Waals surface area contributed by atoms with Crippen LogP contribution in [0.4, 0.5) is 0 Å². The lowest BCUT2D eigenvalue weighted by Gasteiger charge is -2.33. The van der Waals surface area contributed by atoms with Gasteiger partial charge >= 0.3 is 0 Å². The van der Waals surface area contributed by atoms with Crippen molar-refractivity contribution >= 4 is 66.7 Å². The van der Waals surface area contributed by atoms with Crippen molar-refractivity contribution in [3.05, 3.63) is 200 Å². The second-order valence-electron chi connectivity index (χ2n) is 15.7. The summed E-state index contributed by atoms with van der Waals surface area (Å²) in [6, 6.07) is 71.9. The molecule has 0 bridgehead atoms. The Morgan fingerprint density at radius 2 is 0.746 bits per heavy atom. The van der Waals surface area contributed by atoms with Gasteiger partial charge in [-0.1, -0.05) is 127 Å². The highest BCUT2D eigenvalue weighted by atomic mass is 16.5. The van der Waals surface area contributed by atoms with Crippen molar-refractivity contribution in [2.24, 2.45) is 0 Å². The highest BCUT2D eigenvalue weighted by molar-refractivity contribution is 6.98. The van der Waals surface area contributed by atoms with Gasteiger partial charge in [0.15, 0.2) is 0 Å². The summed E-state index contributed by atoms with van der Waals surface area (Å²) in [7, 11) is 0. The van der Waals surface area contributed by atoms with Crippen LogP contribution in [0.15, 0.2) is 200 Å². The Labute approximate surface area is 340 Å². The van der Waals surface area contributed by atoms with Crippen LogP contribution in [0.1, 0.15) is 0 Å². The van der Waals surface area contributed by atoms with Crippen molar-refractivity contribution in [1.29, 1.82) is 0 Å². The number of hydrogen-bond acceptors (Lipinski definition) is 2. The molecule has 0 saturated carbocycles. The Balaban J connectivity index is 0.974. The third-order valence-corrected chi connectivity index (χ3v) is 12.4. The van der Waals surface area contributed by atoms with Crippen LogP contribution in [0.2, 0.25) is 0 Å². The fraction of sp³-hybridized carbons (Fsp3) is 0. The molecule has 0 atom stereocenters. The van der Waals surface area contributed by atoms with Crippen LogP contribution in [-0.2, 0) is 0 Å². The number of fused-ring (bicyclic) bond motifs is 10. The molecule has 0 fully saturated rings. The van der Waals surface area contributed by atoms with E-state index in [1.54, 1.807) is 0 Å². The minimum absolute atomic E-state index is 0.0463. The Hall–Kier alpha value is -7.76. The smallest absolute Gasteiger partial charge is 0.260 e. The van der Waals surface area contributed by atoms with Crippen LogP contribution in [0.3, 0.4) is 0 Å². The van der Waals surface area contributed by atoms with Crippen molar-refractivity contribution in [3.8, 4) is 56.6 Å². The van der Waals surface area contributed by atoms with Crippen LogP contribution < -0.4 is 25.9 Å². The summed E-state index contributed by atoms with van der Waals surface area (Å²) < 4.78 is 18.3. The zero-order chi connectivity index (χ0) is 38.6. The molecular formula is C54H33BN2O2. The highest BCUT2D eigenvalue weighted by Crippen LogP contribution is 2.41. The predicted octanol–water partition coefficient (Wildman–Crippen LogP) is 11.9. The molecule has 274 valence electrons. The van der Waals surface area contributed by atoms with Gasteiger partial charge in [-0.25, -0.2) is 0 Å². The van der Waals surface area contributed by atoms with Crippen LogP contribution in [-0.4, -0.2) is 15.8 Å². The topological polar surface area (TPSA) is 28.3 Å². The third-order valence-electron chi connectivity index (χ3n) is 12.4. The maximum Gasteiger partial charge on any atom is 0.260 e. The first-order valence-corrected chi connectivity index (χ1v) is 20.2. The number of para-hydroxylation sites is 2. The number of nitrogens with zero attached hydrogens (tertiary/aromatic N) is 2. The van der Waals surface area contributed by atoms with Crippen LogP contribution in [0.25, 0.3) is 77.2 Å². The van der Waals surface area contributed by atoms with E-state index in [1.165, 1.54) is 54.8 Å². The average Bonchev–Trinajstić information content (AvgIpc) is 3.81. The third kappa shape index (κ3) is 4.79. The minimum Gasteiger partial charge on any atom is -0.458 e. The molecule has 2 aromatic heterocycles. The summed E-state index contributed by atoms with van der Waals surface area (Å²) in [6.07, 6.45) is 0. The molecule has 0 spiro atoms. The maximum absolute atomic E-state index is 6.84. The lowest BCUT2D eigenvalue weighted by atomic mass is 9.35. The van der Waals surface area contributed by atoms with Gasteiger partial charge in [0.2, 0.25) is 0 Å². The van der Waals surface area contributed by atoms with E-state index >= 15 is 0 Å². The summed E-state index contributed by atoms with van der Waals surface area (Å²) in [5, 5.41) is 4.90. The Morgan fingerprint density at radius 3 is 1.24 bits per heavy atom. The van der Waals surface area contributed by atoms with E-state index in [-0.39, 0.29) is 6.71 Å². The fourth-order valence-electron chi connectivity index (χ4n) is 9.80. The molecule has 59 heavy (non-hydrogen) atoms. The van der Waals surface area contributed by atoms with Gasteiger partial charge < -0.3 is 18.6 Å². The first kappa shape index (κ1) is 32.3. The number of ether oxygens (including phenoxy) is 2. The molecule has 2 aliphatic heterocycles. The summed E-state index contributed by atoms with van der Waals surface area (Å²) in [6.45, 7) is -0.0463. The van der Waals surface area contributed by atoms with E-state index < -0.39 is 0 Å². The van der Waals surface area contributed by atoms with Gasteiger partial charge in [0.05, 0.1) is 22.1 Å². The number of hydrogen-bond donors (Lipinski definition) is 0. The molecule has 0 aliphatic carbocycles. The summed E-state index contributed by atoms with van der Waals surface area (Å²) in [4.78, 5) is 0. The first-order valence-electron chi connectivity index (χ1n) is 20.2. The van der Waals surface area contributed by atoms with Crippen LogP contribution in [0.5, 0.6) is 23.0 Å². The minimum atomic E-state index is -0.0463. The molecule has 11 aromatic rings. The van der Waals surface area contributed by atoms with Gasteiger partial charge in [0.1, 0.15) is 23.0 Å². The van der Waals surface area contributed by atoms with Crippen molar-refractivity contribution in [1.82, 2.24) is 9.13 Å². The van der Waals surface area contributed by atoms with E-state index in [1.807, 2.05) is 6.07 Å². The van der Waals surface area contributed by atoms with Crippen molar-refractivity contribution < 1.29 is 9.47 Å². The van der Waals surface area contributed by atoms with Gasteiger partial charge in [-0.3, -0.25) is 0 Å². The molecule has 0 unspecified atom stereocenters. The van der Waals surface area contributed by atoms with Crippen LogP contribution in [0, 0.1) is 0 Å². The molecule has 4 heterocycles. The molecule has 2 aliphatic rings. The van der Waals surface area contributed by atoms with E-state index in [0.717, 1.165) is 61.8 Å². The summed E-state index contributed by atoms with van der Waals surface area (Å²) >= 11 is 0. The number of rotatable bonds is 4. The highest BCUT2D eigenvalue weighted by Gasteiger charge is 2.40. The van der Waals surface area contributed by atoms with Gasteiger partial charge in [-0.2, -0.15) is 0 Å². The SMILES string of the molecule is c1ccc(-c2ccc3c(c2)c2cc(-c4ccccc4)ccc2n3-c2ccc3c(c2)Oc2cccc4c2B3c2ccc(-n3c5ccccc5c5ccccc53)cc2O4)cc1. The van der Waals surface area contributed by atoms with E-state index in [9.17, 15) is 0 Å². The lowest BCUT2D eigenvalue weighted by molar-refractivity contribution is 0.464. The molecule has 0 saturated heterocycles. The van der Waals surface area contributed by atoms with E-state index in [2.05, 4.69) is 203 Å². The molecule has 0 radical (unpaired) electrons. The second kappa shape index (κ2) is 12.4. The number of aromatic nitrogens is 2. The van der Waals surface area contributed by atoms with Crippen molar-refractivity contribution in [3.63, 3.8) is 0 Å². The van der Waals surface area contributed by atoms with E-state index in [0.29, 0.717) is 0 Å². The Morgan fingerprint density at radius 1 is 0.305 bits per heavy atom. The maximum atomic E-state index is 6.84. The summed E-state index contributed by atoms with van der Waals surface area (Å²) in [5.41, 5.74) is 14.9. The standard InChI is InChI=1S/C54H33BN2O2/c1-3-12-34(13-4-1)36-22-28-48-42(30-36)43-31-37(35-14-5-2-6-15-35)23-29-49(43)57(48)39-25-27-45-53(33-39)59-51-21-11-20-50-54(51)55(45)44-26-24-38(32-52(44)58-50)56-46-18-9-7-16-40(46)41-17-8-10-19-47(41)56/h1-33H. The first-order chi connectivity index (χ1) is 29.2. The molecule has 0 N–H and O–H groups in total. The normalized spacial score (nSPS) is 12.6. The van der Waals surface area contributed by atoms with Gasteiger partial charge in [0, 0.05) is 50.5 Å². The molecule has 9 aromatic carbocycles. The Kier molecular flexibility index (Phi) is 6.78. The average molecular weight is 753 g/mol. The zero-order valence-electron chi connectivity index (χ0n) is 31.8. The quantitative estimate of drug-likeness (QED) is 0.168.